The standard InChI is InChI=1S/C15H23NO2/c1-10(2)16-13-6-5-11-8-14(17-3)15(18-4)9-12(11)7-13/h8-10,13,16H,5-7H2,1-4H3. The highest BCUT2D eigenvalue weighted by Gasteiger charge is 2.21. The van der Waals surface area contributed by atoms with Crippen molar-refractivity contribution in [1.82, 2.24) is 5.32 Å². The zero-order chi connectivity index (χ0) is 13.1. The van der Waals surface area contributed by atoms with Crippen molar-refractivity contribution in [3.8, 4) is 11.5 Å². The monoisotopic (exact) mass is 249 g/mol. The van der Waals surface area contributed by atoms with Crippen LogP contribution in [0.3, 0.4) is 0 Å². The first-order chi connectivity index (χ1) is 8.63. The van der Waals surface area contributed by atoms with Crippen molar-refractivity contribution >= 4 is 0 Å². The molecule has 1 aromatic rings. The molecule has 0 spiro atoms. The van der Waals surface area contributed by atoms with Crippen molar-refractivity contribution in [1.29, 1.82) is 0 Å². The number of ether oxygens (including phenoxy) is 2. The summed E-state index contributed by atoms with van der Waals surface area (Å²) in [6.45, 7) is 4.40. The Hall–Kier alpha value is -1.22. The van der Waals surface area contributed by atoms with E-state index in [9.17, 15) is 0 Å². The normalized spacial score (nSPS) is 18.6. The van der Waals surface area contributed by atoms with Gasteiger partial charge in [0.05, 0.1) is 14.2 Å². The smallest absolute Gasteiger partial charge is 0.161 e. The Kier molecular flexibility index (Phi) is 4.12. The molecule has 0 aromatic heterocycles. The average molecular weight is 249 g/mol. The number of aryl methyl sites for hydroxylation is 1. The molecule has 3 nitrogen and oxygen atoms in total. The van der Waals surface area contributed by atoms with E-state index >= 15 is 0 Å². The molecule has 0 saturated carbocycles. The van der Waals surface area contributed by atoms with Crippen molar-refractivity contribution in [3.63, 3.8) is 0 Å². The highest BCUT2D eigenvalue weighted by Crippen LogP contribution is 2.34. The van der Waals surface area contributed by atoms with Crippen LogP contribution < -0.4 is 14.8 Å². The van der Waals surface area contributed by atoms with E-state index in [1.165, 1.54) is 17.5 Å². The fourth-order valence-electron chi connectivity index (χ4n) is 2.70. The van der Waals surface area contributed by atoms with Crippen LogP contribution in [0.25, 0.3) is 0 Å². The number of hydrogen-bond acceptors (Lipinski definition) is 3. The van der Waals surface area contributed by atoms with Crippen LogP contribution in [0.15, 0.2) is 12.1 Å². The van der Waals surface area contributed by atoms with Crippen LogP contribution in [0.4, 0.5) is 0 Å². The van der Waals surface area contributed by atoms with Gasteiger partial charge in [-0.2, -0.15) is 0 Å². The summed E-state index contributed by atoms with van der Waals surface area (Å²) in [4.78, 5) is 0. The number of benzene rings is 1. The molecular formula is C15H23NO2. The number of methoxy groups -OCH3 is 2. The van der Waals surface area contributed by atoms with Crippen molar-refractivity contribution in [2.75, 3.05) is 14.2 Å². The van der Waals surface area contributed by atoms with Gasteiger partial charge in [-0.05, 0) is 42.5 Å². The highest BCUT2D eigenvalue weighted by molar-refractivity contribution is 5.48. The maximum Gasteiger partial charge on any atom is 0.161 e. The number of fused-ring (bicyclic) bond motifs is 1. The van der Waals surface area contributed by atoms with Crippen LogP contribution in [0, 0.1) is 0 Å². The van der Waals surface area contributed by atoms with Gasteiger partial charge >= 0.3 is 0 Å². The predicted molar refractivity (Wildman–Crippen MR) is 73.6 cm³/mol. The second kappa shape index (κ2) is 5.61. The quantitative estimate of drug-likeness (QED) is 0.889. The molecule has 1 aromatic carbocycles. The number of rotatable bonds is 4. The SMILES string of the molecule is COc1cc2c(cc1OC)CC(NC(C)C)CC2. The van der Waals surface area contributed by atoms with E-state index in [-0.39, 0.29) is 0 Å². The molecule has 3 heteroatoms. The molecule has 2 rings (SSSR count). The van der Waals surface area contributed by atoms with Gasteiger partial charge in [0.2, 0.25) is 0 Å². The lowest BCUT2D eigenvalue weighted by Gasteiger charge is -2.28. The Morgan fingerprint density at radius 1 is 1.11 bits per heavy atom. The van der Waals surface area contributed by atoms with E-state index in [0.29, 0.717) is 12.1 Å². The third kappa shape index (κ3) is 2.78. The Bertz CT molecular complexity index is 415. The summed E-state index contributed by atoms with van der Waals surface area (Å²) in [6, 6.07) is 5.37. The van der Waals surface area contributed by atoms with Crippen molar-refractivity contribution < 1.29 is 9.47 Å². The highest BCUT2D eigenvalue weighted by atomic mass is 16.5. The molecule has 0 bridgehead atoms. The Balaban J connectivity index is 2.21. The lowest BCUT2D eigenvalue weighted by Crippen LogP contribution is -2.38. The minimum Gasteiger partial charge on any atom is -0.493 e. The van der Waals surface area contributed by atoms with Crippen molar-refractivity contribution in [2.45, 2.75) is 45.2 Å². The Morgan fingerprint density at radius 2 is 1.72 bits per heavy atom. The minimum absolute atomic E-state index is 0.539. The maximum absolute atomic E-state index is 5.37. The first-order valence-corrected chi connectivity index (χ1v) is 6.64. The zero-order valence-corrected chi connectivity index (χ0v) is 11.7. The van der Waals surface area contributed by atoms with Gasteiger partial charge in [-0.25, -0.2) is 0 Å². The summed E-state index contributed by atoms with van der Waals surface area (Å²) >= 11 is 0. The Labute approximate surface area is 109 Å². The molecule has 18 heavy (non-hydrogen) atoms. The van der Waals surface area contributed by atoms with Crippen LogP contribution in [-0.2, 0) is 12.8 Å². The zero-order valence-electron chi connectivity index (χ0n) is 11.7. The molecule has 0 amide bonds. The van der Waals surface area contributed by atoms with Crippen LogP contribution in [0.5, 0.6) is 11.5 Å². The van der Waals surface area contributed by atoms with Crippen LogP contribution in [0.1, 0.15) is 31.4 Å². The molecule has 0 aliphatic heterocycles. The molecule has 1 atom stereocenters. The van der Waals surface area contributed by atoms with Gasteiger partial charge in [-0.1, -0.05) is 13.8 Å². The van der Waals surface area contributed by atoms with Gasteiger partial charge in [0, 0.05) is 12.1 Å². The Morgan fingerprint density at radius 3 is 2.28 bits per heavy atom. The fourth-order valence-corrected chi connectivity index (χ4v) is 2.70. The third-order valence-corrected chi connectivity index (χ3v) is 3.50. The topological polar surface area (TPSA) is 30.5 Å². The van der Waals surface area contributed by atoms with Gasteiger partial charge in [0.15, 0.2) is 11.5 Å². The number of hydrogen-bond donors (Lipinski definition) is 1. The predicted octanol–water partition coefficient (Wildman–Crippen LogP) is 2.56. The molecule has 1 aliphatic rings. The van der Waals surface area contributed by atoms with Crippen molar-refractivity contribution in [2.24, 2.45) is 0 Å². The van der Waals surface area contributed by atoms with Gasteiger partial charge in [-0.15, -0.1) is 0 Å². The van der Waals surface area contributed by atoms with E-state index in [0.717, 1.165) is 24.3 Å². The summed E-state index contributed by atoms with van der Waals surface area (Å²) in [5.74, 6) is 1.67. The average Bonchev–Trinajstić information content (AvgIpc) is 2.36. The van der Waals surface area contributed by atoms with Gasteiger partial charge in [0.25, 0.3) is 0 Å². The molecule has 0 heterocycles. The van der Waals surface area contributed by atoms with E-state index in [2.05, 4.69) is 31.3 Å². The minimum atomic E-state index is 0.539. The first kappa shape index (κ1) is 13.2. The van der Waals surface area contributed by atoms with Crippen LogP contribution in [0.2, 0.25) is 0 Å². The lowest BCUT2D eigenvalue weighted by atomic mass is 9.87. The fraction of sp³-hybridized carbons (Fsp3) is 0.600. The molecule has 100 valence electrons. The van der Waals surface area contributed by atoms with Gasteiger partial charge in [-0.3, -0.25) is 0 Å². The first-order valence-electron chi connectivity index (χ1n) is 6.64. The molecule has 0 radical (unpaired) electrons. The van der Waals surface area contributed by atoms with E-state index in [1.807, 2.05) is 0 Å². The van der Waals surface area contributed by atoms with Gasteiger partial charge in [0.1, 0.15) is 0 Å². The molecule has 1 N–H and O–H groups in total. The summed E-state index contributed by atoms with van der Waals surface area (Å²) in [6.07, 6.45) is 3.38. The largest absolute Gasteiger partial charge is 0.493 e. The second-order valence-corrected chi connectivity index (χ2v) is 5.24. The van der Waals surface area contributed by atoms with Gasteiger partial charge < -0.3 is 14.8 Å². The number of nitrogens with one attached hydrogen (secondary N) is 1. The molecular weight excluding hydrogens is 226 g/mol. The summed E-state index contributed by atoms with van der Waals surface area (Å²) < 4.78 is 10.7. The van der Waals surface area contributed by atoms with Crippen LogP contribution >= 0.6 is 0 Å². The summed E-state index contributed by atoms with van der Waals surface area (Å²) in [5, 5.41) is 3.62. The second-order valence-electron chi connectivity index (χ2n) is 5.24. The summed E-state index contributed by atoms with van der Waals surface area (Å²) in [5.41, 5.74) is 2.78. The third-order valence-electron chi connectivity index (χ3n) is 3.50. The molecule has 0 saturated heterocycles. The van der Waals surface area contributed by atoms with E-state index in [4.69, 9.17) is 9.47 Å². The van der Waals surface area contributed by atoms with Crippen LogP contribution in [-0.4, -0.2) is 26.3 Å². The lowest BCUT2D eigenvalue weighted by molar-refractivity contribution is 0.351. The van der Waals surface area contributed by atoms with Crippen molar-refractivity contribution in [3.05, 3.63) is 23.3 Å². The molecule has 0 fully saturated rings. The molecule has 1 aliphatic carbocycles. The van der Waals surface area contributed by atoms with E-state index < -0.39 is 0 Å². The summed E-state index contributed by atoms with van der Waals surface area (Å²) in [7, 11) is 3.38. The van der Waals surface area contributed by atoms with E-state index in [1.54, 1.807) is 14.2 Å². The molecule has 1 unspecified atom stereocenters. The maximum atomic E-state index is 5.37.